The fourth-order valence-electron chi connectivity index (χ4n) is 2.53. The lowest BCUT2D eigenvalue weighted by molar-refractivity contribution is 0.209. The molecule has 1 aliphatic rings. The lowest BCUT2D eigenvalue weighted by atomic mass is 10.2. The molecule has 5 heteroatoms. The largest absolute Gasteiger partial charge is 0.354 e. The maximum atomic E-state index is 4.61. The number of piperazine rings is 1. The molecule has 0 aromatic carbocycles. The summed E-state index contributed by atoms with van der Waals surface area (Å²) >= 11 is 3.50. The maximum Gasteiger partial charge on any atom is 0.133 e. The molecule has 1 N–H and O–H groups in total. The van der Waals surface area contributed by atoms with Crippen LogP contribution < -0.4 is 10.2 Å². The molecular weight excluding hydrogens is 304 g/mol. The first-order valence-electron chi connectivity index (χ1n) is 6.90. The molecule has 1 saturated heterocycles. The standard InChI is InChI=1S/C14H23BrN4/c1-11(2)18-4-6-19(7-5-18)14-12(9-16-3)8-13(15)10-17-14/h8,10-11,16H,4-7,9H2,1-3H3. The molecule has 4 nitrogen and oxygen atoms in total. The van der Waals surface area contributed by atoms with Crippen molar-refractivity contribution in [2.24, 2.45) is 0 Å². The Bertz CT molecular complexity index is 414. The van der Waals surface area contributed by atoms with Crippen molar-refractivity contribution < 1.29 is 0 Å². The molecule has 1 aromatic heterocycles. The topological polar surface area (TPSA) is 31.4 Å². The van der Waals surface area contributed by atoms with Crippen molar-refractivity contribution in [3.05, 3.63) is 22.3 Å². The average Bonchev–Trinajstić information content (AvgIpc) is 2.39. The van der Waals surface area contributed by atoms with Crippen LogP contribution in [-0.2, 0) is 6.54 Å². The third kappa shape index (κ3) is 3.68. The zero-order valence-corrected chi connectivity index (χ0v) is 13.6. The van der Waals surface area contributed by atoms with Crippen molar-refractivity contribution in [1.82, 2.24) is 15.2 Å². The van der Waals surface area contributed by atoms with Crippen molar-refractivity contribution in [3.8, 4) is 0 Å². The number of pyridine rings is 1. The summed E-state index contributed by atoms with van der Waals surface area (Å²) < 4.78 is 1.04. The molecule has 1 aromatic rings. The van der Waals surface area contributed by atoms with Gasteiger partial charge in [-0.1, -0.05) is 0 Å². The van der Waals surface area contributed by atoms with E-state index in [1.54, 1.807) is 0 Å². The monoisotopic (exact) mass is 326 g/mol. The molecule has 0 saturated carbocycles. The Hall–Kier alpha value is -0.650. The number of hydrogen-bond donors (Lipinski definition) is 1. The highest BCUT2D eigenvalue weighted by Gasteiger charge is 2.21. The highest BCUT2D eigenvalue weighted by atomic mass is 79.9. The first-order chi connectivity index (χ1) is 9.11. The van der Waals surface area contributed by atoms with Crippen LogP contribution in [0.4, 0.5) is 5.82 Å². The Morgan fingerprint density at radius 1 is 1.32 bits per heavy atom. The first-order valence-corrected chi connectivity index (χ1v) is 7.69. The predicted molar refractivity (Wildman–Crippen MR) is 83.6 cm³/mol. The SMILES string of the molecule is CNCc1cc(Br)cnc1N1CCN(C(C)C)CC1. The van der Waals surface area contributed by atoms with Crippen LogP contribution in [0.1, 0.15) is 19.4 Å². The van der Waals surface area contributed by atoms with Crippen molar-refractivity contribution in [3.63, 3.8) is 0 Å². The molecule has 0 bridgehead atoms. The highest BCUT2D eigenvalue weighted by Crippen LogP contribution is 2.23. The second-order valence-electron chi connectivity index (χ2n) is 5.28. The molecule has 2 rings (SSSR count). The zero-order chi connectivity index (χ0) is 13.8. The molecule has 0 amide bonds. The Labute approximate surface area is 124 Å². The third-order valence-electron chi connectivity index (χ3n) is 3.62. The molecule has 0 atom stereocenters. The van der Waals surface area contributed by atoms with Crippen LogP contribution in [0, 0.1) is 0 Å². The summed E-state index contributed by atoms with van der Waals surface area (Å²) in [6.07, 6.45) is 1.89. The van der Waals surface area contributed by atoms with Gasteiger partial charge in [0.1, 0.15) is 5.82 Å². The van der Waals surface area contributed by atoms with Crippen LogP contribution in [0.5, 0.6) is 0 Å². The minimum Gasteiger partial charge on any atom is -0.354 e. The Morgan fingerprint density at radius 2 is 2.00 bits per heavy atom. The van der Waals surface area contributed by atoms with Crippen LogP contribution >= 0.6 is 15.9 Å². The number of hydrogen-bond acceptors (Lipinski definition) is 4. The van der Waals surface area contributed by atoms with Crippen molar-refractivity contribution in [1.29, 1.82) is 0 Å². The van der Waals surface area contributed by atoms with Gasteiger partial charge in [-0.05, 0) is 42.9 Å². The van der Waals surface area contributed by atoms with Gasteiger partial charge in [0.15, 0.2) is 0 Å². The van der Waals surface area contributed by atoms with Crippen molar-refractivity contribution in [2.75, 3.05) is 38.1 Å². The fourth-order valence-corrected chi connectivity index (χ4v) is 2.91. The Morgan fingerprint density at radius 3 is 2.58 bits per heavy atom. The average molecular weight is 327 g/mol. The lowest BCUT2D eigenvalue weighted by Gasteiger charge is -2.38. The molecular formula is C14H23BrN4. The summed E-state index contributed by atoms with van der Waals surface area (Å²) in [5.74, 6) is 1.13. The van der Waals surface area contributed by atoms with Crippen LogP contribution in [0.25, 0.3) is 0 Å². The van der Waals surface area contributed by atoms with Gasteiger partial charge in [-0.2, -0.15) is 0 Å². The number of halogens is 1. The Balaban J connectivity index is 2.10. The molecule has 19 heavy (non-hydrogen) atoms. The molecule has 1 aliphatic heterocycles. The van der Waals surface area contributed by atoms with Gasteiger partial charge >= 0.3 is 0 Å². The number of aromatic nitrogens is 1. The van der Waals surface area contributed by atoms with E-state index in [0.29, 0.717) is 6.04 Å². The summed E-state index contributed by atoms with van der Waals surface area (Å²) in [6, 6.07) is 2.80. The van der Waals surface area contributed by atoms with E-state index < -0.39 is 0 Å². The minimum absolute atomic E-state index is 0.636. The quantitative estimate of drug-likeness (QED) is 0.918. The molecule has 1 fully saturated rings. The molecule has 2 heterocycles. The summed E-state index contributed by atoms with van der Waals surface area (Å²) in [5, 5.41) is 3.22. The van der Waals surface area contributed by atoms with E-state index in [4.69, 9.17) is 0 Å². The zero-order valence-electron chi connectivity index (χ0n) is 12.0. The maximum absolute atomic E-state index is 4.61. The van der Waals surface area contributed by atoms with Gasteiger partial charge in [-0.15, -0.1) is 0 Å². The summed E-state index contributed by atoms with van der Waals surface area (Å²) in [7, 11) is 1.97. The normalized spacial score (nSPS) is 17.2. The van der Waals surface area contributed by atoms with Gasteiger partial charge in [-0.25, -0.2) is 4.98 Å². The van der Waals surface area contributed by atoms with E-state index in [1.807, 2.05) is 13.2 Å². The van der Waals surface area contributed by atoms with Crippen LogP contribution in [0.15, 0.2) is 16.7 Å². The van der Waals surface area contributed by atoms with E-state index in [0.717, 1.165) is 43.0 Å². The van der Waals surface area contributed by atoms with E-state index in [-0.39, 0.29) is 0 Å². The van der Waals surface area contributed by atoms with Gasteiger partial charge in [0.05, 0.1) is 0 Å². The second kappa shape index (κ2) is 6.68. The van der Waals surface area contributed by atoms with Gasteiger partial charge in [0.25, 0.3) is 0 Å². The smallest absolute Gasteiger partial charge is 0.133 e. The summed E-state index contributed by atoms with van der Waals surface area (Å²) in [5.41, 5.74) is 1.26. The molecule has 106 valence electrons. The second-order valence-corrected chi connectivity index (χ2v) is 6.20. The van der Waals surface area contributed by atoms with Crippen LogP contribution in [0.2, 0.25) is 0 Å². The lowest BCUT2D eigenvalue weighted by Crippen LogP contribution is -2.49. The molecule has 0 spiro atoms. The molecule has 0 unspecified atom stereocenters. The van der Waals surface area contributed by atoms with E-state index in [2.05, 4.69) is 55.9 Å². The van der Waals surface area contributed by atoms with Crippen LogP contribution in [0.3, 0.4) is 0 Å². The summed E-state index contributed by atoms with van der Waals surface area (Å²) in [4.78, 5) is 9.53. The van der Waals surface area contributed by atoms with Gasteiger partial charge in [0, 0.05) is 55.0 Å². The van der Waals surface area contributed by atoms with Crippen LogP contribution in [-0.4, -0.2) is 49.2 Å². The predicted octanol–water partition coefficient (Wildman–Crippen LogP) is 2.09. The van der Waals surface area contributed by atoms with Crippen molar-refractivity contribution >= 4 is 21.7 Å². The Kier molecular flexibility index (Phi) is 5.19. The molecule has 0 aliphatic carbocycles. The van der Waals surface area contributed by atoms with E-state index in [9.17, 15) is 0 Å². The summed E-state index contributed by atoms with van der Waals surface area (Å²) in [6.45, 7) is 9.74. The number of anilines is 1. The third-order valence-corrected chi connectivity index (χ3v) is 4.05. The number of nitrogens with zero attached hydrogens (tertiary/aromatic N) is 3. The van der Waals surface area contributed by atoms with Gasteiger partial charge in [0.2, 0.25) is 0 Å². The number of rotatable bonds is 4. The first kappa shape index (κ1) is 14.8. The van der Waals surface area contributed by atoms with Crippen molar-refractivity contribution in [2.45, 2.75) is 26.4 Å². The van der Waals surface area contributed by atoms with E-state index in [1.165, 1.54) is 5.56 Å². The number of nitrogens with one attached hydrogen (secondary N) is 1. The fraction of sp³-hybridized carbons (Fsp3) is 0.643. The van der Waals surface area contributed by atoms with Gasteiger partial charge < -0.3 is 10.2 Å². The van der Waals surface area contributed by atoms with E-state index >= 15 is 0 Å². The highest BCUT2D eigenvalue weighted by molar-refractivity contribution is 9.10. The van der Waals surface area contributed by atoms with Gasteiger partial charge in [-0.3, -0.25) is 4.90 Å². The molecule has 0 radical (unpaired) electrons. The minimum atomic E-state index is 0.636.